The molecule has 0 bridgehead atoms. The average Bonchev–Trinajstić information content (AvgIpc) is 3.25. The van der Waals surface area contributed by atoms with Gasteiger partial charge < -0.3 is 15.0 Å². The molecule has 3 heterocycles. The summed E-state index contributed by atoms with van der Waals surface area (Å²) in [5, 5.41) is 4.10. The summed E-state index contributed by atoms with van der Waals surface area (Å²) in [4.78, 5) is 32.3. The van der Waals surface area contributed by atoms with Gasteiger partial charge in [0, 0.05) is 43.5 Å². The number of thiazole rings is 1. The Morgan fingerprint density at radius 2 is 2.04 bits per heavy atom. The lowest BCUT2D eigenvalue weighted by molar-refractivity contribution is -0.143. The second-order valence-corrected chi connectivity index (χ2v) is 8.18. The van der Waals surface area contributed by atoms with Crippen LogP contribution in [0.15, 0.2) is 0 Å². The van der Waals surface area contributed by atoms with Gasteiger partial charge in [-0.15, -0.1) is 11.3 Å². The number of amides is 2. The second kappa shape index (κ2) is 8.27. The molecular formula is C18H27N3O3S. The Kier molecular flexibility index (Phi) is 6.06. The van der Waals surface area contributed by atoms with Crippen molar-refractivity contribution in [2.24, 2.45) is 5.92 Å². The van der Waals surface area contributed by atoms with E-state index < -0.39 is 0 Å². The van der Waals surface area contributed by atoms with E-state index in [9.17, 15) is 9.59 Å². The van der Waals surface area contributed by atoms with E-state index in [1.807, 2.05) is 11.8 Å². The van der Waals surface area contributed by atoms with Crippen LogP contribution in [0.4, 0.5) is 0 Å². The Morgan fingerprint density at radius 3 is 2.64 bits per heavy atom. The van der Waals surface area contributed by atoms with E-state index >= 15 is 0 Å². The highest BCUT2D eigenvalue weighted by molar-refractivity contribution is 7.11. The molecule has 0 aliphatic carbocycles. The fourth-order valence-electron chi connectivity index (χ4n) is 3.42. The predicted octanol–water partition coefficient (Wildman–Crippen LogP) is 1.84. The summed E-state index contributed by atoms with van der Waals surface area (Å²) in [5.41, 5.74) is 1.08. The van der Waals surface area contributed by atoms with Crippen molar-refractivity contribution in [3.8, 4) is 0 Å². The number of aryl methyl sites for hydroxylation is 2. The SMILES string of the molecule is Cc1nc(CCNC(=O)C2CCN(C(=O)[C@H]3CCCO3)CC2)sc1C. The second-order valence-electron chi connectivity index (χ2n) is 6.89. The molecule has 7 heteroatoms. The largest absolute Gasteiger partial charge is 0.368 e. The van der Waals surface area contributed by atoms with E-state index in [2.05, 4.69) is 17.2 Å². The van der Waals surface area contributed by atoms with Crippen molar-refractivity contribution in [1.29, 1.82) is 0 Å². The first kappa shape index (κ1) is 18.3. The van der Waals surface area contributed by atoms with Gasteiger partial charge in [-0.1, -0.05) is 0 Å². The van der Waals surface area contributed by atoms with E-state index in [0.29, 0.717) is 26.2 Å². The van der Waals surface area contributed by atoms with E-state index in [4.69, 9.17) is 4.74 Å². The molecule has 1 aromatic heterocycles. The Hall–Kier alpha value is -1.47. The van der Waals surface area contributed by atoms with Crippen LogP contribution in [0.2, 0.25) is 0 Å². The van der Waals surface area contributed by atoms with E-state index in [1.165, 1.54) is 4.88 Å². The number of likely N-dealkylation sites (tertiary alicyclic amines) is 1. The molecule has 0 unspecified atom stereocenters. The molecule has 2 aliphatic heterocycles. The van der Waals surface area contributed by atoms with Crippen molar-refractivity contribution < 1.29 is 14.3 Å². The highest BCUT2D eigenvalue weighted by Crippen LogP contribution is 2.21. The van der Waals surface area contributed by atoms with Crippen LogP contribution in [0.5, 0.6) is 0 Å². The van der Waals surface area contributed by atoms with Crippen LogP contribution >= 0.6 is 11.3 Å². The number of aromatic nitrogens is 1. The van der Waals surface area contributed by atoms with E-state index in [-0.39, 0.29) is 23.8 Å². The molecule has 2 saturated heterocycles. The monoisotopic (exact) mass is 365 g/mol. The maximum atomic E-state index is 12.3. The molecule has 0 aromatic carbocycles. The number of carbonyl (C=O) groups is 2. The van der Waals surface area contributed by atoms with Crippen molar-refractivity contribution in [3.63, 3.8) is 0 Å². The third-order valence-corrected chi connectivity index (χ3v) is 6.23. The molecule has 1 atom stereocenters. The summed E-state index contributed by atoms with van der Waals surface area (Å²) in [6, 6.07) is 0. The fourth-order valence-corrected chi connectivity index (χ4v) is 4.35. The van der Waals surface area contributed by atoms with Crippen LogP contribution in [-0.2, 0) is 20.7 Å². The summed E-state index contributed by atoms with van der Waals surface area (Å²) >= 11 is 1.70. The summed E-state index contributed by atoms with van der Waals surface area (Å²) < 4.78 is 5.47. The van der Waals surface area contributed by atoms with Crippen LogP contribution in [0.3, 0.4) is 0 Å². The van der Waals surface area contributed by atoms with Crippen LogP contribution in [0, 0.1) is 19.8 Å². The molecule has 138 valence electrons. The van der Waals surface area contributed by atoms with E-state index in [0.717, 1.165) is 42.8 Å². The predicted molar refractivity (Wildman–Crippen MR) is 96.6 cm³/mol. The molecular weight excluding hydrogens is 338 g/mol. The van der Waals surface area contributed by atoms with Gasteiger partial charge in [-0.2, -0.15) is 0 Å². The van der Waals surface area contributed by atoms with Crippen LogP contribution < -0.4 is 5.32 Å². The van der Waals surface area contributed by atoms with Crippen LogP contribution in [0.1, 0.15) is 41.3 Å². The van der Waals surface area contributed by atoms with Gasteiger partial charge in [0.05, 0.1) is 10.7 Å². The van der Waals surface area contributed by atoms with E-state index in [1.54, 1.807) is 11.3 Å². The molecule has 0 radical (unpaired) electrons. The molecule has 0 saturated carbocycles. The number of nitrogens with one attached hydrogen (secondary N) is 1. The maximum absolute atomic E-state index is 12.3. The van der Waals surface area contributed by atoms with Gasteiger partial charge >= 0.3 is 0 Å². The Labute approximate surface area is 153 Å². The molecule has 2 aliphatic rings. The Balaban J connectivity index is 1.38. The molecule has 1 N–H and O–H groups in total. The third kappa shape index (κ3) is 4.58. The number of piperidine rings is 1. The number of hydrogen-bond acceptors (Lipinski definition) is 5. The molecule has 1 aromatic rings. The first-order chi connectivity index (χ1) is 12.0. The molecule has 6 nitrogen and oxygen atoms in total. The van der Waals surface area contributed by atoms with Gasteiger partial charge in [0.25, 0.3) is 5.91 Å². The Bertz CT molecular complexity index is 598. The Morgan fingerprint density at radius 1 is 1.28 bits per heavy atom. The standard InChI is InChI=1S/C18H27N3O3S/c1-12-13(2)25-16(20-12)5-8-19-17(22)14-6-9-21(10-7-14)18(23)15-4-3-11-24-15/h14-15H,3-11H2,1-2H3,(H,19,22)/t15-/m1/s1. The van der Waals surface area contributed by atoms with Crippen LogP contribution in [-0.4, -0.2) is 54.0 Å². The van der Waals surface area contributed by atoms with Crippen molar-refractivity contribution in [1.82, 2.24) is 15.2 Å². The fraction of sp³-hybridized carbons (Fsp3) is 0.722. The maximum Gasteiger partial charge on any atom is 0.251 e. The lowest BCUT2D eigenvalue weighted by Crippen LogP contribution is -2.46. The lowest BCUT2D eigenvalue weighted by atomic mass is 9.95. The minimum absolute atomic E-state index is 0.00770. The number of hydrogen-bond donors (Lipinski definition) is 1. The normalized spacial score (nSPS) is 21.5. The number of rotatable bonds is 5. The topological polar surface area (TPSA) is 71.5 Å². The van der Waals surface area contributed by atoms with Gasteiger partial charge in [-0.05, 0) is 39.5 Å². The number of ether oxygens (including phenoxy) is 1. The van der Waals surface area contributed by atoms with Gasteiger partial charge in [-0.25, -0.2) is 4.98 Å². The lowest BCUT2D eigenvalue weighted by Gasteiger charge is -2.32. The zero-order chi connectivity index (χ0) is 17.8. The zero-order valence-corrected chi connectivity index (χ0v) is 15.9. The molecule has 0 spiro atoms. The molecule has 25 heavy (non-hydrogen) atoms. The summed E-state index contributed by atoms with van der Waals surface area (Å²) in [6.45, 7) is 6.71. The van der Waals surface area contributed by atoms with Gasteiger partial charge in [0.1, 0.15) is 6.10 Å². The highest BCUT2D eigenvalue weighted by Gasteiger charge is 2.32. The van der Waals surface area contributed by atoms with Gasteiger partial charge in [0.2, 0.25) is 5.91 Å². The van der Waals surface area contributed by atoms with Gasteiger partial charge in [0.15, 0.2) is 0 Å². The molecule has 2 amide bonds. The minimum atomic E-state index is -0.254. The molecule has 2 fully saturated rings. The van der Waals surface area contributed by atoms with Crippen LogP contribution in [0.25, 0.3) is 0 Å². The third-order valence-electron chi connectivity index (χ3n) is 5.09. The minimum Gasteiger partial charge on any atom is -0.368 e. The molecule has 3 rings (SSSR count). The summed E-state index contributed by atoms with van der Waals surface area (Å²) in [7, 11) is 0. The summed E-state index contributed by atoms with van der Waals surface area (Å²) in [5.74, 6) is 0.216. The first-order valence-electron chi connectivity index (χ1n) is 9.15. The van der Waals surface area contributed by atoms with Crippen molar-refractivity contribution in [2.45, 2.75) is 52.1 Å². The van der Waals surface area contributed by atoms with Crippen molar-refractivity contribution in [3.05, 3.63) is 15.6 Å². The van der Waals surface area contributed by atoms with Crippen molar-refractivity contribution >= 4 is 23.2 Å². The number of carbonyl (C=O) groups excluding carboxylic acids is 2. The smallest absolute Gasteiger partial charge is 0.251 e. The number of nitrogens with zero attached hydrogens (tertiary/aromatic N) is 2. The zero-order valence-electron chi connectivity index (χ0n) is 15.0. The quantitative estimate of drug-likeness (QED) is 0.864. The summed E-state index contributed by atoms with van der Waals surface area (Å²) in [6.07, 6.45) is 3.79. The van der Waals surface area contributed by atoms with Gasteiger partial charge in [-0.3, -0.25) is 9.59 Å². The van der Waals surface area contributed by atoms with Crippen molar-refractivity contribution in [2.75, 3.05) is 26.2 Å². The first-order valence-corrected chi connectivity index (χ1v) is 9.97. The average molecular weight is 365 g/mol. The highest BCUT2D eigenvalue weighted by atomic mass is 32.1.